The summed E-state index contributed by atoms with van der Waals surface area (Å²) in [6, 6.07) is 6.24. The highest BCUT2D eigenvalue weighted by molar-refractivity contribution is 5.93. The highest BCUT2D eigenvalue weighted by Gasteiger charge is 2.24. The molecule has 1 aliphatic carbocycles. The second-order valence-electron chi connectivity index (χ2n) is 7.32. The molecule has 9 nitrogen and oxygen atoms in total. The van der Waals surface area contributed by atoms with Gasteiger partial charge in [-0.2, -0.15) is 5.10 Å². The highest BCUT2D eigenvalue weighted by atomic mass is 16.5. The van der Waals surface area contributed by atoms with E-state index in [1.807, 2.05) is 12.1 Å². The van der Waals surface area contributed by atoms with Crippen molar-refractivity contribution in [1.29, 1.82) is 0 Å². The molecule has 0 unspecified atom stereocenters. The summed E-state index contributed by atoms with van der Waals surface area (Å²) in [6.45, 7) is 4.24. The molecule has 1 aliphatic heterocycles. The Morgan fingerprint density at radius 3 is 2.96 bits per heavy atom. The van der Waals surface area contributed by atoms with Crippen LogP contribution in [0.5, 0.6) is 0 Å². The lowest BCUT2D eigenvalue weighted by Gasteiger charge is -2.26. The molecule has 0 spiro atoms. The number of aromatic nitrogens is 4. The van der Waals surface area contributed by atoms with E-state index >= 15 is 0 Å². The predicted molar refractivity (Wildman–Crippen MR) is 105 cm³/mol. The molecule has 2 fully saturated rings. The molecule has 1 saturated heterocycles. The Labute approximate surface area is 161 Å². The summed E-state index contributed by atoms with van der Waals surface area (Å²) in [4.78, 5) is 22.6. The molecule has 2 aromatic heterocycles. The fourth-order valence-electron chi connectivity index (χ4n) is 3.47. The van der Waals surface area contributed by atoms with Crippen LogP contribution in [0.3, 0.4) is 0 Å². The molecule has 1 saturated carbocycles. The molecule has 0 radical (unpaired) electrons. The zero-order valence-corrected chi connectivity index (χ0v) is 15.5. The van der Waals surface area contributed by atoms with Gasteiger partial charge >= 0.3 is 6.03 Å². The van der Waals surface area contributed by atoms with Crippen LogP contribution in [-0.2, 0) is 11.3 Å². The van der Waals surface area contributed by atoms with E-state index in [-0.39, 0.29) is 6.03 Å². The third-order valence-corrected chi connectivity index (χ3v) is 5.13. The quantitative estimate of drug-likeness (QED) is 0.541. The Morgan fingerprint density at radius 1 is 1.29 bits per heavy atom. The molecule has 9 heteroatoms. The summed E-state index contributed by atoms with van der Waals surface area (Å²) >= 11 is 0. The van der Waals surface area contributed by atoms with Gasteiger partial charge in [-0.15, -0.1) is 0 Å². The van der Waals surface area contributed by atoms with E-state index in [2.05, 4.69) is 36.8 Å². The average Bonchev–Trinajstić information content (AvgIpc) is 3.21. The minimum atomic E-state index is -0.214. The zero-order chi connectivity index (χ0) is 18.9. The third kappa shape index (κ3) is 3.58. The number of ether oxygens (including phenoxy) is 1. The van der Waals surface area contributed by atoms with Crippen LogP contribution in [-0.4, -0.2) is 63.4 Å². The van der Waals surface area contributed by atoms with Crippen LogP contribution < -0.4 is 10.6 Å². The number of nitrogens with one attached hydrogen (secondary N) is 4. The number of morpholine rings is 1. The van der Waals surface area contributed by atoms with E-state index in [9.17, 15) is 4.79 Å². The lowest BCUT2D eigenvalue weighted by atomic mass is 10.1. The van der Waals surface area contributed by atoms with Crippen LogP contribution in [0.4, 0.5) is 10.5 Å². The van der Waals surface area contributed by atoms with Crippen molar-refractivity contribution in [1.82, 2.24) is 30.4 Å². The second-order valence-corrected chi connectivity index (χ2v) is 7.32. The lowest BCUT2D eigenvalue weighted by molar-refractivity contribution is 0.0343. The van der Waals surface area contributed by atoms with Crippen molar-refractivity contribution in [2.45, 2.75) is 25.4 Å². The van der Waals surface area contributed by atoms with E-state index < -0.39 is 0 Å². The van der Waals surface area contributed by atoms with E-state index in [4.69, 9.17) is 9.72 Å². The van der Waals surface area contributed by atoms with Crippen molar-refractivity contribution >= 4 is 22.8 Å². The molecule has 2 amide bonds. The smallest absolute Gasteiger partial charge is 0.319 e. The number of carbonyl (C=O) groups is 1. The molecule has 146 valence electrons. The largest absolute Gasteiger partial charge is 0.379 e. The molecule has 2 aliphatic rings. The predicted octanol–water partition coefficient (Wildman–Crippen LogP) is 2.07. The first kappa shape index (κ1) is 17.2. The van der Waals surface area contributed by atoms with Crippen molar-refractivity contribution in [3.05, 3.63) is 30.0 Å². The van der Waals surface area contributed by atoms with Crippen LogP contribution in [0.2, 0.25) is 0 Å². The van der Waals surface area contributed by atoms with Crippen LogP contribution in [0, 0.1) is 0 Å². The van der Waals surface area contributed by atoms with Crippen molar-refractivity contribution in [3.63, 3.8) is 0 Å². The van der Waals surface area contributed by atoms with Gasteiger partial charge in [0.1, 0.15) is 5.69 Å². The maximum atomic E-state index is 12.1. The Hall–Kier alpha value is -2.91. The van der Waals surface area contributed by atoms with Crippen LogP contribution in [0.15, 0.2) is 24.4 Å². The molecular formula is C19H23N7O2. The van der Waals surface area contributed by atoms with Crippen LogP contribution in [0.25, 0.3) is 22.6 Å². The molecule has 3 heterocycles. The van der Waals surface area contributed by atoms with Crippen LogP contribution >= 0.6 is 0 Å². The Balaban J connectivity index is 1.40. The summed E-state index contributed by atoms with van der Waals surface area (Å²) in [7, 11) is 0. The van der Waals surface area contributed by atoms with Crippen molar-refractivity contribution in [2.24, 2.45) is 0 Å². The fourth-order valence-corrected chi connectivity index (χ4v) is 3.47. The van der Waals surface area contributed by atoms with Crippen LogP contribution in [0.1, 0.15) is 18.4 Å². The Morgan fingerprint density at radius 2 is 2.14 bits per heavy atom. The zero-order valence-electron chi connectivity index (χ0n) is 15.5. The molecule has 0 atom stereocenters. The number of fused-ring (bicyclic) bond motifs is 1. The normalized spacial score (nSPS) is 17.7. The number of aromatic amines is 2. The molecular weight excluding hydrogens is 358 g/mol. The molecule has 3 aromatic rings. The highest BCUT2D eigenvalue weighted by Crippen LogP contribution is 2.27. The van der Waals surface area contributed by atoms with Crippen molar-refractivity contribution < 1.29 is 9.53 Å². The van der Waals surface area contributed by atoms with Gasteiger partial charge in [0.15, 0.2) is 5.82 Å². The van der Waals surface area contributed by atoms with Gasteiger partial charge in [-0.1, -0.05) is 12.1 Å². The number of benzene rings is 1. The number of hydrogen-bond acceptors (Lipinski definition) is 5. The maximum absolute atomic E-state index is 12.1. The van der Waals surface area contributed by atoms with Gasteiger partial charge < -0.3 is 20.4 Å². The number of urea groups is 1. The molecule has 0 bridgehead atoms. The van der Waals surface area contributed by atoms with Gasteiger partial charge in [0.2, 0.25) is 0 Å². The summed E-state index contributed by atoms with van der Waals surface area (Å²) in [5.41, 5.74) is 4.34. The van der Waals surface area contributed by atoms with Crippen molar-refractivity contribution in [2.75, 3.05) is 31.6 Å². The molecule has 5 rings (SSSR count). The first-order chi connectivity index (χ1) is 13.8. The standard InChI is InChI=1S/C19H23N7O2/c27-19(21-13-4-5-13)23-15-10-20-25-17(15)18-22-14-3-1-2-12(16(14)24-18)11-26-6-8-28-9-7-26/h1-3,10,13H,4-9,11H2,(H,20,25)(H,22,24)(H2,21,23,27). The van der Waals surface area contributed by atoms with Gasteiger partial charge in [-0.25, -0.2) is 9.78 Å². The summed E-state index contributed by atoms with van der Waals surface area (Å²) in [6.07, 6.45) is 3.69. The van der Waals surface area contributed by atoms with E-state index in [0.717, 1.165) is 56.7 Å². The number of nitrogens with zero attached hydrogens (tertiary/aromatic N) is 3. The van der Waals surface area contributed by atoms with E-state index in [0.29, 0.717) is 23.2 Å². The lowest BCUT2D eigenvalue weighted by Crippen LogP contribution is -2.35. The van der Waals surface area contributed by atoms with E-state index in [1.54, 1.807) is 6.20 Å². The van der Waals surface area contributed by atoms with Crippen molar-refractivity contribution in [3.8, 4) is 11.5 Å². The third-order valence-electron chi connectivity index (χ3n) is 5.13. The summed E-state index contributed by atoms with van der Waals surface area (Å²) < 4.78 is 5.44. The first-order valence-corrected chi connectivity index (χ1v) is 9.65. The number of para-hydroxylation sites is 1. The first-order valence-electron chi connectivity index (χ1n) is 9.65. The minimum Gasteiger partial charge on any atom is -0.379 e. The number of hydrogen-bond donors (Lipinski definition) is 4. The van der Waals surface area contributed by atoms with Gasteiger partial charge in [-0.3, -0.25) is 10.00 Å². The Kier molecular flexibility index (Phi) is 4.46. The van der Waals surface area contributed by atoms with Gasteiger partial charge in [0, 0.05) is 25.7 Å². The topological polar surface area (TPSA) is 111 Å². The van der Waals surface area contributed by atoms with Gasteiger partial charge in [-0.05, 0) is 24.5 Å². The molecule has 4 N–H and O–H groups in total. The fraction of sp³-hybridized carbons (Fsp3) is 0.421. The second kappa shape index (κ2) is 7.25. The summed E-state index contributed by atoms with van der Waals surface area (Å²) in [5.74, 6) is 0.656. The number of anilines is 1. The average molecular weight is 381 g/mol. The van der Waals surface area contributed by atoms with Gasteiger partial charge in [0.05, 0.1) is 36.1 Å². The SMILES string of the molecule is O=C(Nc1cn[nH]c1-c1nc2c(CN3CCOCC3)cccc2[nH]1)NC1CC1. The number of carbonyl (C=O) groups excluding carboxylic acids is 1. The summed E-state index contributed by atoms with van der Waals surface area (Å²) in [5, 5.41) is 12.8. The van der Waals surface area contributed by atoms with Gasteiger partial charge in [0.25, 0.3) is 0 Å². The monoisotopic (exact) mass is 381 g/mol. The number of imidazole rings is 1. The molecule has 28 heavy (non-hydrogen) atoms. The van der Waals surface area contributed by atoms with E-state index in [1.165, 1.54) is 5.56 Å². The Bertz CT molecular complexity index is 985. The molecule has 1 aromatic carbocycles. The number of rotatable bonds is 5. The maximum Gasteiger partial charge on any atom is 0.319 e. The number of amides is 2. The number of H-pyrrole nitrogens is 2. The minimum absolute atomic E-state index is 0.214.